The maximum Gasteiger partial charge on any atom is 0.240 e. The van der Waals surface area contributed by atoms with Gasteiger partial charge in [-0.15, -0.1) is 11.3 Å². The highest BCUT2D eigenvalue weighted by Crippen LogP contribution is 2.35. The normalized spacial score (nSPS) is 11.6. The van der Waals surface area contributed by atoms with Crippen LogP contribution in [0.4, 0.5) is 10.3 Å². The van der Waals surface area contributed by atoms with Crippen molar-refractivity contribution in [1.29, 1.82) is 0 Å². The number of nitrogens with one attached hydrogen (secondary N) is 2. The van der Waals surface area contributed by atoms with Crippen LogP contribution in [-0.4, -0.2) is 53.1 Å². The highest BCUT2D eigenvalue weighted by Gasteiger charge is 2.19. The first-order valence-electron chi connectivity index (χ1n) is 11.5. The minimum absolute atomic E-state index is 0.160. The Kier molecular flexibility index (Phi) is 7.22. The highest BCUT2D eigenvalue weighted by molar-refractivity contribution is 7.89. The largest absolute Gasteiger partial charge is 0.505 e. The summed E-state index contributed by atoms with van der Waals surface area (Å²) in [5, 5.41) is 14.9. The molecule has 2 aromatic carbocycles. The number of methoxy groups -OCH3 is 1. The van der Waals surface area contributed by atoms with Crippen molar-refractivity contribution < 1.29 is 22.7 Å². The van der Waals surface area contributed by atoms with Crippen molar-refractivity contribution in [3.05, 3.63) is 72.1 Å². The Bertz CT molecular complexity index is 1690. The van der Waals surface area contributed by atoms with Gasteiger partial charge in [-0.05, 0) is 55.0 Å². The maximum absolute atomic E-state index is 13.6. The van der Waals surface area contributed by atoms with Crippen molar-refractivity contribution in [2.24, 2.45) is 0 Å². The Morgan fingerprint density at radius 1 is 1.11 bits per heavy atom. The number of imidazole rings is 1. The lowest BCUT2D eigenvalue weighted by molar-refractivity contribution is 0.414. The molecule has 0 bridgehead atoms. The second-order valence-electron chi connectivity index (χ2n) is 8.15. The number of aromatic hydroxyl groups is 1. The first-order valence-corrected chi connectivity index (χ1v) is 13.9. The third-order valence-electron chi connectivity index (χ3n) is 5.68. The molecule has 10 nitrogen and oxygen atoms in total. The molecule has 3 aromatic heterocycles. The predicted octanol–water partition coefficient (Wildman–Crippen LogP) is 4.15. The molecule has 0 saturated carbocycles. The summed E-state index contributed by atoms with van der Waals surface area (Å²) in [5.74, 6) is -0.235. The number of hydrogen-bond donors (Lipinski definition) is 3. The number of halogens is 1. The molecule has 5 aromatic rings. The third kappa shape index (κ3) is 5.30. The molecular formula is C25H23FN6O4S2. The molecule has 0 aliphatic heterocycles. The summed E-state index contributed by atoms with van der Waals surface area (Å²) < 4.78 is 48.1. The van der Waals surface area contributed by atoms with Gasteiger partial charge in [0.05, 0.1) is 23.4 Å². The number of benzene rings is 2. The minimum atomic E-state index is -3.63. The Labute approximate surface area is 221 Å². The van der Waals surface area contributed by atoms with Crippen LogP contribution < -0.4 is 14.8 Å². The Balaban J connectivity index is 1.27. The molecule has 3 heterocycles. The lowest BCUT2D eigenvalue weighted by Crippen LogP contribution is -2.26. The fourth-order valence-corrected chi connectivity index (χ4v) is 5.59. The van der Waals surface area contributed by atoms with Crippen LogP contribution in [0.2, 0.25) is 0 Å². The smallest absolute Gasteiger partial charge is 0.240 e. The van der Waals surface area contributed by atoms with Gasteiger partial charge in [0.1, 0.15) is 11.4 Å². The lowest BCUT2D eigenvalue weighted by Gasteiger charge is -2.09. The second-order valence-corrected chi connectivity index (χ2v) is 10.8. The fraction of sp³-hybridized carbons (Fsp3) is 0.160. The summed E-state index contributed by atoms with van der Waals surface area (Å²) >= 11 is 1.44. The molecule has 0 atom stereocenters. The van der Waals surface area contributed by atoms with Gasteiger partial charge in [-0.25, -0.2) is 32.5 Å². The van der Waals surface area contributed by atoms with Crippen molar-refractivity contribution in [3.63, 3.8) is 0 Å². The number of hydrogen-bond acceptors (Lipinski definition) is 9. The number of rotatable bonds is 10. The molecule has 13 heteroatoms. The zero-order chi connectivity index (χ0) is 26.7. The van der Waals surface area contributed by atoms with Crippen LogP contribution in [0.3, 0.4) is 0 Å². The zero-order valence-corrected chi connectivity index (χ0v) is 21.8. The van der Waals surface area contributed by atoms with E-state index in [1.165, 1.54) is 42.7 Å². The lowest BCUT2D eigenvalue weighted by atomic mass is 10.1. The molecule has 0 aliphatic rings. The number of ether oxygens (including phenoxy) is 1. The van der Waals surface area contributed by atoms with Crippen molar-refractivity contribution >= 4 is 32.3 Å². The van der Waals surface area contributed by atoms with E-state index in [0.29, 0.717) is 47.3 Å². The fourth-order valence-electron chi connectivity index (χ4n) is 3.80. The van der Waals surface area contributed by atoms with Crippen LogP contribution >= 0.6 is 11.3 Å². The number of aromatic nitrogens is 4. The summed E-state index contributed by atoms with van der Waals surface area (Å²) in [5.41, 5.74) is 2.34. The molecule has 0 amide bonds. The van der Waals surface area contributed by atoms with Gasteiger partial charge in [-0.1, -0.05) is 0 Å². The van der Waals surface area contributed by atoms with Crippen LogP contribution in [0.25, 0.3) is 27.6 Å². The van der Waals surface area contributed by atoms with Gasteiger partial charge in [0.15, 0.2) is 16.5 Å². The quantitative estimate of drug-likeness (QED) is 0.220. The first kappa shape index (κ1) is 25.6. The predicted molar refractivity (Wildman–Crippen MR) is 142 cm³/mol. The zero-order valence-electron chi connectivity index (χ0n) is 20.1. The van der Waals surface area contributed by atoms with E-state index in [4.69, 9.17) is 4.74 Å². The topological polar surface area (TPSA) is 131 Å². The first-order chi connectivity index (χ1) is 18.4. The van der Waals surface area contributed by atoms with E-state index < -0.39 is 21.6 Å². The van der Waals surface area contributed by atoms with Gasteiger partial charge in [-0.2, -0.15) is 0 Å². The Hall–Kier alpha value is -4.07. The van der Waals surface area contributed by atoms with Gasteiger partial charge >= 0.3 is 0 Å². The van der Waals surface area contributed by atoms with E-state index in [9.17, 15) is 17.9 Å². The molecule has 38 heavy (non-hydrogen) atoms. The van der Waals surface area contributed by atoms with Crippen molar-refractivity contribution in [2.45, 2.75) is 11.3 Å². The molecule has 0 unspecified atom stereocenters. The van der Waals surface area contributed by atoms with Crippen molar-refractivity contribution in [1.82, 2.24) is 24.1 Å². The highest BCUT2D eigenvalue weighted by atomic mass is 32.2. The number of anilines is 1. The summed E-state index contributed by atoms with van der Waals surface area (Å²) in [6, 6.07) is 12.0. The summed E-state index contributed by atoms with van der Waals surface area (Å²) in [6.07, 6.45) is 3.96. The molecule has 196 valence electrons. The van der Waals surface area contributed by atoms with Gasteiger partial charge in [0.25, 0.3) is 0 Å². The Morgan fingerprint density at radius 2 is 1.92 bits per heavy atom. The van der Waals surface area contributed by atoms with Crippen LogP contribution in [0.1, 0.15) is 6.42 Å². The monoisotopic (exact) mass is 554 g/mol. The molecule has 0 fully saturated rings. The number of thiazole rings is 1. The van der Waals surface area contributed by atoms with Gasteiger partial charge in [-0.3, -0.25) is 4.40 Å². The SMILES string of the molecule is COc1ccc(S(=O)(=O)NCCCNc2nccc(-c3c(-c4ccc(F)c(O)c4)nc4sccn34)n2)cc1. The van der Waals surface area contributed by atoms with Crippen LogP contribution in [-0.2, 0) is 10.0 Å². The molecule has 0 radical (unpaired) electrons. The average Bonchev–Trinajstić information content (AvgIpc) is 3.52. The summed E-state index contributed by atoms with van der Waals surface area (Å²) in [7, 11) is -2.12. The number of sulfonamides is 1. The van der Waals surface area contributed by atoms with E-state index in [-0.39, 0.29) is 11.4 Å². The van der Waals surface area contributed by atoms with E-state index in [2.05, 4.69) is 25.0 Å². The molecule has 0 saturated heterocycles. The summed E-state index contributed by atoms with van der Waals surface area (Å²) in [6.45, 7) is 0.644. The minimum Gasteiger partial charge on any atom is -0.505 e. The number of nitrogens with zero attached hydrogens (tertiary/aromatic N) is 4. The third-order valence-corrected chi connectivity index (χ3v) is 7.91. The molecule has 0 aliphatic carbocycles. The molecular weight excluding hydrogens is 531 g/mol. The second kappa shape index (κ2) is 10.7. The molecule has 3 N–H and O–H groups in total. The van der Waals surface area contributed by atoms with Crippen molar-refractivity contribution in [3.8, 4) is 34.1 Å². The number of fused-ring (bicyclic) bond motifs is 1. The number of phenolic OH excluding ortho intramolecular Hbond substituents is 1. The van der Waals surface area contributed by atoms with Gasteiger partial charge in [0, 0.05) is 36.4 Å². The van der Waals surface area contributed by atoms with E-state index in [1.807, 2.05) is 16.0 Å². The van der Waals surface area contributed by atoms with Gasteiger partial charge in [0.2, 0.25) is 16.0 Å². The van der Waals surface area contributed by atoms with Crippen LogP contribution in [0.5, 0.6) is 11.5 Å². The van der Waals surface area contributed by atoms with E-state index in [0.717, 1.165) is 4.96 Å². The average molecular weight is 555 g/mol. The van der Waals surface area contributed by atoms with Gasteiger partial charge < -0.3 is 15.2 Å². The summed E-state index contributed by atoms with van der Waals surface area (Å²) in [4.78, 5) is 14.4. The van der Waals surface area contributed by atoms with E-state index in [1.54, 1.807) is 30.5 Å². The standard InChI is InChI=1S/C25H23FN6O4S2/c1-36-17-4-6-18(7-5-17)38(34,35)29-11-2-10-27-24-28-12-9-20(30-24)23-22(31-25-32(23)13-14-37-25)16-3-8-19(26)21(33)15-16/h3-9,12-15,29,33H,2,10-11H2,1H3,(H,27,28,30). The Morgan fingerprint density at radius 3 is 2.68 bits per heavy atom. The maximum atomic E-state index is 13.6. The van der Waals surface area contributed by atoms with Crippen molar-refractivity contribution in [2.75, 3.05) is 25.5 Å². The van der Waals surface area contributed by atoms with Crippen LogP contribution in [0.15, 0.2) is 71.2 Å². The molecule has 0 spiro atoms. The number of phenols is 1. The van der Waals surface area contributed by atoms with Crippen LogP contribution in [0, 0.1) is 5.82 Å². The van der Waals surface area contributed by atoms with E-state index >= 15 is 0 Å². The molecule has 5 rings (SSSR count).